The van der Waals surface area contributed by atoms with Crippen LogP contribution in [0.25, 0.3) is 11.5 Å². The van der Waals surface area contributed by atoms with Gasteiger partial charge in [-0.05, 0) is 50.5 Å². The Kier molecular flexibility index (Phi) is 4.65. The molecule has 1 aliphatic heterocycles. The van der Waals surface area contributed by atoms with Crippen LogP contribution in [-0.2, 0) is 17.6 Å². The van der Waals surface area contributed by atoms with Crippen LogP contribution in [-0.4, -0.2) is 45.1 Å². The van der Waals surface area contributed by atoms with E-state index in [2.05, 4.69) is 15.5 Å². The number of anilines is 1. The lowest BCUT2D eigenvalue weighted by atomic mass is 9.95. The molecule has 2 aromatic heterocycles. The molecule has 0 aromatic carbocycles. The second-order valence-electron chi connectivity index (χ2n) is 7.75. The molecule has 3 heterocycles. The lowest BCUT2D eigenvalue weighted by molar-refractivity contribution is 0.00507. The van der Waals surface area contributed by atoms with E-state index in [1.54, 1.807) is 11.3 Å². The number of hydrogen-bond donors (Lipinski definition) is 2. The first-order valence-corrected chi connectivity index (χ1v) is 10.9. The highest BCUT2D eigenvalue weighted by molar-refractivity contribution is 7.17. The number of carbonyl (C=O) groups is 2. The fraction of sp³-hybridized carbons (Fsp3) is 0.579. The Bertz CT molecular complexity index is 951. The van der Waals surface area contributed by atoms with Crippen molar-refractivity contribution in [1.29, 1.82) is 0 Å². The summed E-state index contributed by atoms with van der Waals surface area (Å²) in [5.41, 5.74) is 2.01. The molecule has 3 aliphatic rings. The summed E-state index contributed by atoms with van der Waals surface area (Å²) in [6, 6.07) is -0.365. The van der Waals surface area contributed by atoms with Crippen molar-refractivity contribution in [3.8, 4) is 11.5 Å². The average Bonchev–Trinajstić information content (AvgIpc) is 3.10. The molecule has 0 radical (unpaired) electrons. The van der Waals surface area contributed by atoms with Crippen molar-refractivity contribution < 1.29 is 24.0 Å². The van der Waals surface area contributed by atoms with E-state index in [4.69, 9.17) is 14.4 Å². The first kappa shape index (κ1) is 18.4. The molecule has 1 atom stereocenters. The molecule has 9 nitrogen and oxygen atoms in total. The van der Waals surface area contributed by atoms with E-state index in [9.17, 15) is 9.59 Å². The van der Waals surface area contributed by atoms with E-state index in [0.29, 0.717) is 36.2 Å². The van der Waals surface area contributed by atoms with Crippen LogP contribution < -0.4 is 5.32 Å². The standard InChI is InChI=1S/C19H22N4O5S/c24-18(23-9-3-6-13(23)27-19(25)26)21-17-14(11-4-1-2-5-12(11)29-17)16-20-15(22-28-16)10-7-8-10/h10,13H,1-9H2,(H,21,24)(H,25,26)/t13-/m1/s1. The van der Waals surface area contributed by atoms with Crippen molar-refractivity contribution in [2.24, 2.45) is 0 Å². The first-order chi connectivity index (χ1) is 14.1. The number of carboxylic acid groups (broad SMARTS) is 1. The van der Waals surface area contributed by atoms with Gasteiger partial charge in [-0.25, -0.2) is 9.59 Å². The summed E-state index contributed by atoms with van der Waals surface area (Å²) in [5, 5.41) is 16.7. The van der Waals surface area contributed by atoms with Crippen LogP contribution >= 0.6 is 11.3 Å². The Balaban J connectivity index is 1.44. The monoisotopic (exact) mass is 418 g/mol. The third kappa shape index (κ3) is 3.57. The number of nitrogens with one attached hydrogen (secondary N) is 1. The van der Waals surface area contributed by atoms with Gasteiger partial charge in [-0.15, -0.1) is 11.3 Å². The van der Waals surface area contributed by atoms with Crippen molar-refractivity contribution in [3.05, 3.63) is 16.3 Å². The summed E-state index contributed by atoms with van der Waals surface area (Å²) in [5.74, 6) is 1.59. The van der Waals surface area contributed by atoms with Crippen molar-refractivity contribution in [3.63, 3.8) is 0 Å². The molecule has 2 N–H and O–H groups in total. The van der Waals surface area contributed by atoms with Gasteiger partial charge in [0, 0.05) is 23.8 Å². The average molecular weight is 418 g/mol. The molecule has 10 heteroatoms. The van der Waals surface area contributed by atoms with Gasteiger partial charge in [-0.2, -0.15) is 4.98 Å². The molecule has 0 unspecified atom stereocenters. The Labute approximate surface area is 171 Å². The zero-order valence-corrected chi connectivity index (χ0v) is 16.7. The number of nitrogens with zero attached hydrogens (tertiary/aromatic N) is 3. The maximum Gasteiger partial charge on any atom is 0.507 e. The van der Waals surface area contributed by atoms with E-state index in [1.807, 2.05) is 0 Å². The van der Waals surface area contributed by atoms with Crippen LogP contribution in [0.3, 0.4) is 0 Å². The third-order valence-electron chi connectivity index (χ3n) is 5.69. The van der Waals surface area contributed by atoms with E-state index >= 15 is 0 Å². The van der Waals surface area contributed by atoms with E-state index in [-0.39, 0.29) is 6.03 Å². The van der Waals surface area contributed by atoms with E-state index in [1.165, 1.54) is 15.3 Å². The van der Waals surface area contributed by atoms with Gasteiger partial charge < -0.3 is 14.4 Å². The van der Waals surface area contributed by atoms with Crippen LogP contribution in [0.1, 0.15) is 60.7 Å². The maximum atomic E-state index is 12.9. The summed E-state index contributed by atoms with van der Waals surface area (Å²) in [6.45, 7) is 0.455. The highest BCUT2D eigenvalue weighted by Crippen LogP contribution is 2.45. The SMILES string of the molecule is O=C(O)O[C@@H]1CCCN1C(=O)Nc1sc2c(c1-c1nc(C3CC3)no1)CCCC2. The summed E-state index contributed by atoms with van der Waals surface area (Å²) in [7, 11) is 0. The second kappa shape index (κ2) is 7.33. The molecule has 0 spiro atoms. The van der Waals surface area contributed by atoms with E-state index in [0.717, 1.165) is 49.9 Å². The minimum absolute atomic E-state index is 0.365. The molecule has 2 fully saturated rings. The Morgan fingerprint density at radius 1 is 1.21 bits per heavy atom. The summed E-state index contributed by atoms with van der Waals surface area (Å²) < 4.78 is 10.4. The minimum atomic E-state index is -1.37. The van der Waals surface area contributed by atoms with E-state index < -0.39 is 12.4 Å². The molecule has 154 valence electrons. The van der Waals surface area contributed by atoms with Gasteiger partial charge in [0.1, 0.15) is 5.00 Å². The Hall–Kier alpha value is -2.62. The fourth-order valence-electron chi connectivity index (χ4n) is 4.10. The topological polar surface area (TPSA) is 118 Å². The number of urea groups is 1. The highest BCUT2D eigenvalue weighted by Gasteiger charge is 2.35. The van der Waals surface area contributed by atoms with Crippen LogP contribution in [0.5, 0.6) is 0 Å². The third-order valence-corrected chi connectivity index (χ3v) is 6.89. The molecule has 0 bridgehead atoms. The molecule has 2 amide bonds. The predicted octanol–water partition coefficient (Wildman–Crippen LogP) is 4.20. The fourth-order valence-corrected chi connectivity index (χ4v) is 5.37. The van der Waals surface area contributed by atoms with Gasteiger partial charge in [0.15, 0.2) is 12.1 Å². The number of aromatic nitrogens is 2. The molecule has 2 aromatic rings. The van der Waals surface area contributed by atoms with Crippen molar-refractivity contribution in [1.82, 2.24) is 15.0 Å². The lowest BCUT2D eigenvalue weighted by Gasteiger charge is -2.23. The van der Waals surface area contributed by atoms with Gasteiger partial charge in [-0.3, -0.25) is 10.2 Å². The molecular weight excluding hydrogens is 396 g/mol. The molecule has 2 aliphatic carbocycles. The van der Waals surface area contributed by atoms with Gasteiger partial charge in [0.2, 0.25) is 0 Å². The summed E-state index contributed by atoms with van der Waals surface area (Å²) in [4.78, 5) is 31.1. The Morgan fingerprint density at radius 3 is 2.83 bits per heavy atom. The molecule has 1 saturated carbocycles. The molecule has 29 heavy (non-hydrogen) atoms. The smallest absolute Gasteiger partial charge is 0.450 e. The first-order valence-electron chi connectivity index (χ1n) is 10.1. The normalized spacial score (nSPS) is 21.1. The largest absolute Gasteiger partial charge is 0.507 e. The number of rotatable bonds is 4. The summed E-state index contributed by atoms with van der Waals surface area (Å²) in [6.07, 6.45) is 5.36. The molecule has 5 rings (SSSR count). The van der Waals surface area contributed by atoms with Gasteiger partial charge >= 0.3 is 12.2 Å². The number of fused-ring (bicyclic) bond motifs is 1. The van der Waals surface area contributed by atoms with Crippen LogP contribution in [0.15, 0.2) is 4.52 Å². The summed E-state index contributed by atoms with van der Waals surface area (Å²) >= 11 is 1.55. The van der Waals surface area contributed by atoms with Gasteiger partial charge in [0.25, 0.3) is 5.89 Å². The molecular formula is C19H22N4O5S. The Morgan fingerprint density at radius 2 is 2.03 bits per heavy atom. The number of thiophene rings is 1. The van der Waals surface area contributed by atoms with Crippen LogP contribution in [0.2, 0.25) is 0 Å². The van der Waals surface area contributed by atoms with Crippen LogP contribution in [0.4, 0.5) is 14.6 Å². The van der Waals surface area contributed by atoms with Crippen molar-refractivity contribution in [2.75, 3.05) is 11.9 Å². The van der Waals surface area contributed by atoms with Gasteiger partial charge in [-0.1, -0.05) is 5.16 Å². The zero-order chi connectivity index (χ0) is 20.0. The quantitative estimate of drug-likeness (QED) is 0.714. The predicted molar refractivity (Wildman–Crippen MR) is 104 cm³/mol. The number of ether oxygens (including phenoxy) is 1. The lowest BCUT2D eigenvalue weighted by Crippen LogP contribution is -2.40. The number of carbonyl (C=O) groups excluding carboxylic acids is 1. The maximum absolute atomic E-state index is 12.9. The zero-order valence-electron chi connectivity index (χ0n) is 15.8. The van der Waals surface area contributed by atoms with Crippen molar-refractivity contribution in [2.45, 2.75) is 63.5 Å². The number of likely N-dealkylation sites (tertiary alicyclic amines) is 1. The second-order valence-corrected chi connectivity index (χ2v) is 8.86. The number of aryl methyl sites for hydroxylation is 1. The van der Waals surface area contributed by atoms with Crippen molar-refractivity contribution >= 4 is 28.5 Å². The highest BCUT2D eigenvalue weighted by atomic mass is 32.1. The minimum Gasteiger partial charge on any atom is -0.450 e. The number of hydrogen-bond acceptors (Lipinski definition) is 7. The van der Waals surface area contributed by atoms with Gasteiger partial charge in [0.05, 0.1) is 5.56 Å². The number of amides is 2. The van der Waals surface area contributed by atoms with Crippen LogP contribution in [0, 0.1) is 0 Å². The molecule has 1 saturated heterocycles.